The fourth-order valence-corrected chi connectivity index (χ4v) is 1.36. The molecule has 6 nitrogen and oxygen atoms in total. The van der Waals surface area contributed by atoms with Gasteiger partial charge in [-0.1, -0.05) is 19.1 Å². The number of nitrogens with zero attached hydrogens (tertiary/aromatic N) is 3. The van der Waals surface area contributed by atoms with Gasteiger partial charge in [-0.2, -0.15) is 0 Å². The topological polar surface area (TPSA) is 80.0 Å². The molecule has 0 saturated carbocycles. The molecule has 1 rings (SSSR count). The van der Waals surface area contributed by atoms with E-state index in [4.69, 9.17) is 0 Å². The fraction of sp³-hybridized carbons (Fsp3) is 0.750. The monoisotopic (exact) mass is 254 g/mol. The molecule has 1 aromatic heterocycles. The number of carbonyl (C=O) groups is 1. The molecule has 102 valence electrons. The third-order valence-corrected chi connectivity index (χ3v) is 2.51. The van der Waals surface area contributed by atoms with E-state index in [2.05, 4.69) is 29.5 Å². The summed E-state index contributed by atoms with van der Waals surface area (Å²) in [4.78, 5) is 11.6. The summed E-state index contributed by atoms with van der Waals surface area (Å²) in [5, 5.41) is 20.2. The van der Waals surface area contributed by atoms with Crippen LogP contribution in [0.3, 0.4) is 0 Å². The van der Waals surface area contributed by atoms with Crippen LogP contribution in [0.5, 0.6) is 0 Å². The normalized spacial score (nSPS) is 11.9. The summed E-state index contributed by atoms with van der Waals surface area (Å²) in [6, 6.07) is 0. The number of nitrogens with one attached hydrogen (secondary N) is 1. The SMILES string of the molecule is CC(C)CCNC(=O)Cn1cc(C(C)(C)O)nn1. The highest BCUT2D eigenvalue weighted by atomic mass is 16.3. The highest BCUT2D eigenvalue weighted by Crippen LogP contribution is 2.15. The van der Waals surface area contributed by atoms with E-state index >= 15 is 0 Å². The molecule has 0 aliphatic carbocycles. The van der Waals surface area contributed by atoms with Crippen molar-refractivity contribution in [3.63, 3.8) is 0 Å². The van der Waals surface area contributed by atoms with Crippen molar-refractivity contribution in [3.8, 4) is 0 Å². The molecule has 18 heavy (non-hydrogen) atoms. The number of carbonyl (C=O) groups excluding carboxylic acids is 1. The van der Waals surface area contributed by atoms with Crippen molar-refractivity contribution >= 4 is 5.91 Å². The van der Waals surface area contributed by atoms with Gasteiger partial charge < -0.3 is 10.4 Å². The van der Waals surface area contributed by atoms with Crippen LogP contribution in [0.1, 0.15) is 39.8 Å². The Morgan fingerprint density at radius 3 is 2.72 bits per heavy atom. The Morgan fingerprint density at radius 2 is 2.22 bits per heavy atom. The Hall–Kier alpha value is -1.43. The van der Waals surface area contributed by atoms with Gasteiger partial charge in [0.1, 0.15) is 17.8 Å². The first kappa shape index (κ1) is 14.6. The smallest absolute Gasteiger partial charge is 0.241 e. The molecule has 0 bridgehead atoms. The van der Waals surface area contributed by atoms with Crippen LogP contribution >= 0.6 is 0 Å². The molecule has 0 aliphatic rings. The maximum absolute atomic E-state index is 11.6. The first-order valence-electron chi connectivity index (χ1n) is 6.18. The van der Waals surface area contributed by atoms with Crippen LogP contribution in [0.15, 0.2) is 6.20 Å². The molecule has 1 heterocycles. The van der Waals surface area contributed by atoms with Crippen LogP contribution in [0.25, 0.3) is 0 Å². The summed E-state index contributed by atoms with van der Waals surface area (Å²) in [6.45, 7) is 8.28. The molecule has 1 aromatic rings. The second-order valence-corrected chi connectivity index (χ2v) is 5.39. The highest BCUT2D eigenvalue weighted by molar-refractivity contribution is 5.75. The summed E-state index contributed by atoms with van der Waals surface area (Å²) in [6.07, 6.45) is 2.54. The van der Waals surface area contributed by atoms with E-state index in [1.807, 2.05) is 0 Å². The van der Waals surface area contributed by atoms with Gasteiger partial charge in [-0.15, -0.1) is 5.10 Å². The van der Waals surface area contributed by atoms with Gasteiger partial charge in [-0.05, 0) is 26.2 Å². The van der Waals surface area contributed by atoms with Gasteiger partial charge >= 0.3 is 0 Å². The van der Waals surface area contributed by atoms with Gasteiger partial charge in [0.05, 0.1) is 6.20 Å². The molecule has 6 heteroatoms. The summed E-state index contributed by atoms with van der Waals surface area (Å²) >= 11 is 0. The van der Waals surface area contributed by atoms with Gasteiger partial charge in [0.15, 0.2) is 0 Å². The van der Waals surface area contributed by atoms with Crippen molar-refractivity contribution < 1.29 is 9.90 Å². The van der Waals surface area contributed by atoms with E-state index in [9.17, 15) is 9.90 Å². The maximum Gasteiger partial charge on any atom is 0.241 e. The summed E-state index contributed by atoms with van der Waals surface area (Å²) in [5.74, 6) is 0.473. The molecule has 1 amide bonds. The predicted octanol–water partition coefficient (Wildman–Crippen LogP) is 0.668. The molecule has 0 spiro atoms. The Morgan fingerprint density at radius 1 is 1.56 bits per heavy atom. The average Bonchev–Trinajstić information content (AvgIpc) is 2.64. The van der Waals surface area contributed by atoms with Crippen molar-refractivity contribution in [2.75, 3.05) is 6.54 Å². The fourth-order valence-electron chi connectivity index (χ4n) is 1.36. The first-order chi connectivity index (χ1) is 8.29. The zero-order chi connectivity index (χ0) is 13.8. The van der Waals surface area contributed by atoms with Crippen molar-refractivity contribution in [2.24, 2.45) is 5.92 Å². The zero-order valence-corrected chi connectivity index (χ0v) is 11.5. The van der Waals surface area contributed by atoms with E-state index < -0.39 is 5.60 Å². The first-order valence-corrected chi connectivity index (χ1v) is 6.18. The van der Waals surface area contributed by atoms with Gasteiger partial charge in [-0.3, -0.25) is 4.79 Å². The quantitative estimate of drug-likeness (QED) is 0.782. The second-order valence-electron chi connectivity index (χ2n) is 5.39. The van der Waals surface area contributed by atoms with Gasteiger partial charge in [0.25, 0.3) is 0 Å². The average molecular weight is 254 g/mol. The lowest BCUT2D eigenvalue weighted by molar-refractivity contribution is -0.121. The van der Waals surface area contributed by atoms with Crippen LogP contribution < -0.4 is 5.32 Å². The number of hydrogen-bond acceptors (Lipinski definition) is 4. The van der Waals surface area contributed by atoms with Crippen molar-refractivity contribution in [3.05, 3.63) is 11.9 Å². The summed E-state index contributed by atoms with van der Waals surface area (Å²) < 4.78 is 1.43. The van der Waals surface area contributed by atoms with Crippen molar-refractivity contribution in [1.29, 1.82) is 0 Å². The summed E-state index contributed by atoms with van der Waals surface area (Å²) in [5.41, 5.74) is -0.579. The van der Waals surface area contributed by atoms with E-state index in [1.165, 1.54) is 4.68 Å². The minimum absolute atomic E-state index is 0.0946. The van der Waals surface area contributed by atoms with Crippen LogP contribution in [0.2, 0.25) is 0 Å². The Balaban J connectivity index is 2.43. The number of amides is 1. The van der Waals surface area contributed by atoms with Crippen LogP contribution in [0.4, 0.5) is 0 Å². The minimum Gasteiger partial charge on any atom is -0.384 e. The second kappa shape index (κ2) is 5.95. The molecular formula is C12H22N4O2. The Labute approximate surface area is 107 Å². The van der Waals surface area contributed by atoms with E-state index in [-0.39, 0.29) is 12.5 Å². The third kappa shape index (κ3) is 4.83. The van der Waals surface area contributed by atoms with Gasteiger partial charge in [0, 0.05) is 6.54 Å². The molecule has 0 fully saturated rings. The molecule has 0 radical (unpaired) electrons. The predicted molar refractivity (Wildman–Crippen MR) is 67.7 cm³/mol. The van der Waals surface area contributed by atoms with Crippen LogP contribution in [0, 0.1) is 5.92 Å². The number of rotatable bonds is 6. The van der Waals surface area contributed by atoms with Gasteiger partial charge in [0.2, 0.25) is 5.91 Å². The lowest BCUT2D eigenvalue weighted by atomic mass is 10.1. The number of hydrogen-bond donors (Lipinski definition) is 2. The molecule has 0 atom stereocenters. The minimum atomic E-state index is -1.04. The largest absolute Gasteiger partial charge is 0.384 e. The number of aromatic nitrogens is 3. The Bertz CT molecular complexity index is 393. The van der Waals surface area contributed by atoms with E-state index in [1.54, 1.807) is 20.0 Å². The lowest BCUT2D eigenvalue weighted by Gasteiger charge is -2.11. The molecule has 0 aliphatic heterocycles. The molecule has 0 aromatic carbocycles. The van der Waals surface area contributed by atoms with Crippen molar-refractivity contribution in [2.45, 2.75) is 46.3 Å². The lowest BCUT2D eigenvalue weighted by Crippen LogP contribution is -2.29. The highest BCUT2D eigenvalue weighted by Gasteiger charge is 2.20. The molecule has 0 unspecified atom stereocenters. The van der Waals surface area contributed by atoms with E-state index in [0.717, 1.165) is 6.42 Å². The molecule has 0 saturated heterocycles. The third-order valence-electron chi connectivity index (χ3n) is 2.51. The standard InChI is InChI=1S/C12H22N4O2/c1-9(2)5-6-13-11(17)8-16-7-10(14-15-16)12(3,4)18/h7,9,18H,5-6,8H2,1-4H3,(H,13,17). The Kier molecular flexibility index (Phi) is 4.84. The molecular weight excluding hydrogens is 232 g/mol. The van der Waals surface area contributed by atoms with Crippen LogP contribution in [-0.4, -0.2) is 32.6 Å². The van der Waals surface area contributed by atoms with Gasteiger partial charge in [-0.25, -0.2) is 4.68 Å². The van der Waals surface area contributed by atoms with E-state index in [0.29, 0.717) is 18.2 Å². The zero-order valence-electron chi connectivity index (χ0n) is 11.5. The summed E-state index contributed by atoms with van der Waals surface area (Å²) in [7, 11) is 0. The van der Waals surface area contributed by atoms with Crippen LogP contribution in [-0.2, 0) is 16.9 Å². The molecule has 2 N–H and O–H groups in total. The van der Waals surface area contributed by atoms with Crippen molar-refractivity contribution in [1.82, 2.24) is 20.3 Å². The number of aliphatic hydroxyl groups is 1. The maximum atomic E-state index is 11.6.